The maximum Gasteiger partial charge on any atom is 0.274 e. The average molecular weight is 250 g/mol. The molecule has 1 aromatic carbocycles. The normalized spacial score (nSPS) is 12.3. The minimum absolute atomic E-state index is 0.0600. The number of nitrogens with one attached hydrogen (secondary N) is 1. The molecule has 0 aliphatic carbocycles. The zero-order chi connectivity index (χ0) is 13.8. The molecule has 0 fully saturated rings. The van der Waals surface area contributed by atoms with Crippen LogP contribution in [0.4, 0.5) is 5.69 Å². The summed E-state index contributed by atoms with van der Waals surface area (Å²) in [7, 11) is 0. The van der Waals surface area contributed by atoms with Crippen LogP contribution in [0.15, 0.2) is 29.3 Å². The molecule has 0 unspecified atom stereocenters. The van der Waals surface area contributed by atoms with E-state index in [9.17, 15) is 10.1 Å². The summed E-state index contributed by atoms with van der Waals surface area (Å²) in [6.07, 6.45) is 0. The van der Waals surface area contributed by atoms with E-state index in [-0.39, 0.29) is 23.7 Å². The molecule has 0 atom stereocenters. The van der Waals surface area contributed by atoms with E-state index >= 15 is 0 Å². The van der Waals surface area contributed by atoms with Crippen LogP contribution in [0.25, 0.3) is 0 Å². The van der Waals surface area contributed by atoms with E-state index in [1.165, 1.54) is 6.07 Å². The Labute approximate surface area is 106 Å². The molecule has 0 aliphatic heterocycles. The fourth-order valence-electron chi connectivity index (χ4n) is 1.42. The van der Waals surface area contributed by atoms with Crippen molar-refractivity contribution in [3.05, 3.63) is 39.9 Å². The topological polar surface area (TPSA) is 93.5 Å². The molecule has 0 aliphatic rings. The first kappa shape index (κ1) is 14.0. The Hall–Kier alpha value is -2.11. The van der Waals surface area contributed by atoms with Crippen molar-refractivity contribution in [2.24, 2.45) is 10.7 Å². The van der Waals surface area contributed by atoms with Gasteiger partial charge in [0.15, 0.2) is 5.96 Å². The molecule has 0 saturated heterocycles. The number of rotatable bonds is 3. The van der Waals surface area contributed by atoms with Crippen molar-refractivity contribution < 1.29 is 4.92 Å². The second-order valence-corrected chi connectivity index (χ2v) is 4.96. The number of benzene rings is 1. The number of aliphatic imine (C=N–C) groups is 1. The maximum atomic E-state index is 10.8. The molecule has 0 radical (unpaired) electrons. The van der Waals surface area contributed by atoms with Gasteiger partial charge in [-0.05, 0) is 20.8 Å². The number of hydrogen-bond donors (Lipinski definition) is 2. The van der Waals surface area contributed by atoms with Crippen LogP contribution in [0.1, 0.15) is 26.3 Å². The highest BCUT2D eigenvalue weighted by Gasteiger charge is 2.13. The molecule has 6 heteroatoms. The fraction of sp³-hybridized carbons (Fsp3) is 0.417. The monoisotopic (exact) mass is 250 g/mol. The van der Waals surface area contributed by atoms with Gasteiger partial charge < -0.3 is 11.1 Å². The number of nitrogens with two attached hydrogens (primary N) is 1. The first-order valence-electron chi connectivity index (χ1n) is 5.60. The predicted octanol–water partition coefficient (Wildman–Crippen LogP) is 1.80. The van der Waals surface area contributed by atoms with Gasteiger partial charge in [0.25, 0.3) is 5.69 Å². The Kier molecular flexibility index (Phi) is 4.25. The third kappa shape index (κ3) is 4.40. The van der Waals surface area contributed by atoms with Crippen LogP contribution in [0, 0.1) is 10.1 Å². The number of hydrogen-bond acceptors (Lipinski definition) is 3. The largest absolute Gasteiger partial charge is 0.370 e. The molecule has 1 aromatic rings. The fourth-order valence-corrected chi connectivity index (χ4v) is 1.42. The molecule has 1 rings (SSSR count). The van der Waals surface area contributed by atoms with Crippen molar-refractivity contribution in [2.75, 3.05) is 0 Å². The summed E-state index contributed by atoms with van der Waals surface area (Å²) in [5.41, 5.74) is 6.12. The van der Waals surface area contributed by atoms with Gasteiger partial charge in [0.1, 0.15) is 0 Å². The van der Waals surface area contributed by atoms with Crippen LogP contribution in [-0.2, 0) is 6.54 Å². The highest BCUT2D eigenvalue weighted by atomic mass is 16.6. The lowest BCUT2D eigenvalue weighted by Crippen LogP contribution is -2.44. The Bertz CT molecular complexity index is 463. The van der Waals surface area contributed by atoms with Crippen molar-refractivity contribution in [3.8, 4) is 0 Å². The molecule has 0 heterocycles. The number of para-hydroxylation sites is 1. The average Bonchev–Trinajstić information content (AvgIpc) is 2.24. The first-order chi connectivity index (χ1) is 8.29. The van der Waals surface area contributed by atoms with Crippen LogP contribution in [-0.4, -0.2) is 16.4 Å². The lowest BCUT2D eigenvalue weighted by Gasteiger charge is -2.20. The van der Waals surface area contributed by atoms with E-state index in [0.717, 1.165) is 0 Å². The van der Waals surface area contributed by atoms with E-state index < -0.39 is 4.92 Å². The van der Waals surface area contributed by atoms with Gasteiger partial charge in [-0.1, -0.05) is 18.2 Å². The second kappa shape index (κ2) is 5.48. The Morgan fingerprint density at radius 3 is 2.61 bits per heavy atom. The van der Waals surface area contributed by atoms with Gasteiger partial charge in [0.2, 0.25) is 0 Å². The molecule has 3 N–H and O–H groups in total. The van der Waals surface area contributed by atoms with E-state index in [1.54, 1.807) is 18.2 Å². The van der Waals surface area contributed by atoms with Gasteiger partial charge >= 0.3 is 0 Å². The molecule has 0 spiro atoms. The van der Waals surface area contributed by atoms with Gasteiger partial charge in [-0.2, -0.15) is 0 Å². The molecule has 0 amide bonds. The van der Waals surface area contributed by atoms with Crippen LogP contribution in [0.5, 0.6) is 0 Å². The Balaban J connectivity index is 2.80. The standard InChI is InChI=1S/C12H18N4O2/c1-12(2,3)15-11(13)14-8-9-6-4-5-7-10(9)16(17)18/h4-7H,8H2,1-3H3,(H3,13,14,15). The van der Waals surface area contributed by atoms with Crippen molar-refractivity contribution in [3.63, 3.8) is 0 Å². The van der Waals surface area contributed by atoms with Crippen molar-refractivity contribution in [1.29, 1.82) is 0 Å². The van der Waals surface area contributed by atoms with Gasteiger partial charge in [0, 0.05) is 11.6 Å². The summed E-state index contributed by atoms with van der Waals surface area (Å²) < 4.78 is 0. The van der Waals surface area contributed by atoms with Crippen molar-refractivity contribution in [1.82, 2.24) is 5.32 Å². The number of nitro groups is 1. The second-order valence-electron chi connectivity index (χ2n) is 4.96. The molecule has 6 nitrogen and oxygen atoms in total. The van der Waals surface area contributed by atoms with Gasteiger partial charge in [0.05, 0.1) is 17.0 Å². The van der Waals surface area contributed by atoms with Crippen LogP contribution < -0.4 is 11.1 Å². The number of nitro benzene ring substituents is 1. The maximum absolute atomic E-state index is 10.8. The highest BCUT2D eigenvalue weighted by Crippen LogP contribution is 2.18. The summed E-state index contributed by atoms with van der Waals surface area (Å²) in [4.78, 5) is 14.5. The van der Waals surface area contributed by atoms with Gasteiger partial charge in [-0.25, -0.2) is 4.99 Å². The highest BCUT2D eigenvalue weighted by molar-refractivity contribution is 5.78. The van der Waals surface area contributed by atoms with Crippen LogP contribution in [0.2, 0.25) is 0 Å². The smallest absolute Gasteiger partial charge is 0.274 e. The van der Waals surface area contributed by atoms with Crippen LogP contribution >= 0.6 is 0 Å². The minimum atomic E-state index is -0.418. The third-order valence-electron chi connectivity index (χ3n) is 2.11. The molecular formula is C12H18N4O2. The van der Waals surface area contributed by atoms with E-state index in [4.69, 9.17) is 5.73 Å². The van der Waals surface area contributed by atoms with Crippen molar-refractivity contribution in [2.45, 2.75) is 32.9 Å². The molecule has 18 heavy (non-hydrogen) atoms. The van der Waals surface area contributed by atoms with E-state index in [2.05, 4.69) is 10.3 Å². The van der Waals surface area contributed by atoms with Gasteiger partial charge in [-0.3, -0.25) is 10.1 Å². The summed E-state index contributed by atoms with van der Waals surface area (Å²) in [6.45, 7) is 6.06. The molecule has 0 aromatic heterocycles. The van der Waals surface area contributed by atoms with Crippen LogP contribution in [0.3, 0.4) is 0 Å². The third-order valence-corrected chi connectivity index (χ3v) is 2.11. The Morgan fingerprint density at radius 1 is 1.44 bits per heavy atom. The SMILES string of the molecule is CC(C)(C)NC(N)=NCc1ccccc1[N+](=O)[O-]. The summed E-state index contributed by atoms with van der Waals surface area (Å²) >= 11 is 0. The Morgan fingerprint density at radius 2 is 2.06 bits per heavy atom. The lowest BCUT2D eigenvalue weighted by atomic mass is 10.1. The molecule has 98 valence electrons. The summed E-state index contributed by atoms with van der Waals surface area (Å²) in [5.74, 6) is 0.278. The zero-order valence-corrected chi connectivity index (χ0v) is 10.8. The van der Waals surface area contributed by atoms with E-state index in [0.29, 0.717) is 5.56 Å². The number of guanidine groups is 1. The molecular weight excluding hydrogens is 232 g/mol. The van der Waals surface area contributed by atoms with Gasteiger partial charge in [-0.15, -0.1) is 0 Å². The molecule has 0 bridgehead atoms. The quantitative estimate of drug-likeness (QED) is 0.370. The number of nitrogens with zero attached hydrogens (tertiary/aromatic N) is 2. The summed E-state index contributed by atoms with van der Waals surface area (Å²) in [5, 5.41) is 13.8. The molecule has 0 saturated carbocycles. The lowest BCUT2D eigenvalue weighted by molar-refractivity contribution is -0.385. The minimum Gasteiger partial charge on any atom is -0.370 e. The van der Waals surface area contributed by atoms with E-state index in [1.807, 2.05) is 20.8 Å². The summed E-state index contributed by atoms with van der Waals surface area (Å²) in [6, 6.07) is 6.50. The first-order valence-corrected chi connectivity index (χ1v) is 5.60. The predicted molar refractivity (Wildman–Crippen MR) is 71.3 cm³/mol. The van der Waals surface area contributed by atoms with Crippen molar-refractivity contribution >= 4 is 11.6 Å². The zero-order valence-electron chi connectivity index (χ0n) is 10.8.